The molecule has 1 aromatic heterocycles. The normalized spacial score (nSPS) is 20.1. The van der Waals surface area contributed by atoms with Gasteiger partial charge in [-0.15, -0.1) is 11.8 Å². The highest BCUT2D eigenvalue weighted by atomic mass is 32.2. The smallest absolute Gasteiger partial charge is 0.263 e. The van der Waals surface area contributed by atoms with E-state index in [4.69, 9.17) is 4.52 Å². The minimum atomic E-state index is -0.870. The average Bonchev–Trinajstić information content (AvgIpc) is 3.47. The van der Waals surface area contributed by atoms with E-state index in [1.165, 1.54) is 21.7 Å². The number of fused-ring (bicyclic) bond motifs is 1. The standard InChI is InChI=1S/C21H18N6O3S/c1-12-6-8-13(9-7-12)19-22-16(30-24-19)11-26-18-17(23-25-26)20(28)27(21(18)29)14-4-3-5-15(10-14)31-2/h3-10,17-18H,11H2,1-2H3/t17-,18+/m0/s1. The van der Waals surface area contributed by atoms with E-state index in [1.54, 1.807) is 6.07 Å². The molecule has 5 rings (SSSR count). The van der Waals surface area contributed by atoms with Crippen molar-refractivity contribution in [2.24, 2.45) is 10.3 Å². The number of hydrogen-bond acceptors (Lipinski definition) is 9. The van der Waals surface area contributed by atoms with Gasteiger partial charge in [-0.25, -0.2) is 4.90 Å². The summed E-state index contributed by atoms with van der Waals surface area (Å²) in [7, 11) is 0. The molecular weight excluding hydrogens is 416 g/mol. The maximum Gasteiger partial charge on any atom is 0.263 e. The number of benzene rings is 2. The first-order valence-corrected chi connectivity index (χ1v) is 10.9. The molecule has 3 aromatic rings. The number of hydrogen-bond donors (Lipinski definition) is 0. The van der Waals surface area contributed by atoms with Crippen LogP contribution < -0.4 is 4.90 Å². The Kier molecular flexibility index (Phi) is 4.78. The highest BCUT2D eigenvalue weighted by molar-refractivity contribution is 7.98. The molecule has 0 unspecified atom stereocenters. The van der Waals surface area contributed by atoms with Crippen molar-refractivity contribution in [1.29, 1.82) is 0 Å². The van der Waals surface area contributed by atoms with Crippen molar-refractivity contribution < 1.29 is 14.1 Å². The lowest BCUT2D eigenvalue weighted by Crippen LogP contribution is -2.39. The van der Waals surface area contributed by atoms with E-state index in [0.29, 0.717) is 17.4 Å². The molecule has 2 atom stereocenters. The van der Waals surface area contributed by atoms with E-state index in [1.807, 2.05) is 55.6 Å². The monoisotopic (exact) mass is 434 g/mol. The molecule has 10 heteroatoms. The van der Waals surface area contributed by atoms with E-state index in [2.05, 4.69) is 20.5 Å². The Balaban J connectivity index is 1.36. The molecule has 2 aliphatic rings. The van der Waals surface area contributed by atoms with Crippen molar-refractivity contribution in [3.05, 3.63) is 60.0 Å². The number of carbonyl (C=O) groups excluding carboxylic acids is 2. The largest absolute Gasteiger partial charge is 0.337 e. The van der Waals surface area contributed by atoms with Crippen LogP contribution in [0.1, 0.15) is 11.5 Å². The molecular formula is C21H18N6O3S. The van der Waals surface area contributed by atoms with Gasteiger partial charge in [-0.2, -0.15) is 10.1 Å². The lowest BCUT2D eigenvalue weighted by Gasteiger charge is -2.19. The third kappa shape index (κ3) is 3.38. The van der Waals surface area contributed by atoms with Crippen LogP contribution in [0.25, 0.3) is 11.4 Å². The molecule has 31 heavy (non-hydrogen) atoms. The molecule has 2 aliphatic heterocycles. The number of aryl methyl sites for hydroxylation is 1. The van der Waals surface area contributed by atoms with Crippen LogP contribution in [-0.2, 0) is 16.1 Å². The second-order valence-corrected chi connectivity index (χ2v) is 8.16. The van der Waals surface area contributed by atoms with Crippen molar-refractivity contribution in [3.63, 3.8) is 0 Å². The predicted octanol–water partition coefficient (Wildman–Crippen LogP) is 3.26. The van der Waals surface area contributed by atoms with Gasteiger partial charge in [0, 0.05) is 10.5 Å². The quantitative estimate of drug-likeness (QED) is 0.448. The number of nitrogens with zero attached hydrogens (tertiary/aromatic N) is 6. The maximum absolute atomic E-state index is 13.1. The van der Waals surface area contributed by atoms with Gasteiger partial charge in [0.2, 0.25) is 11.7 Å². The fourth-order valence-electron chi connectivity index (χ4n) is 3.64. The number of anilines is 1. The summed E-state index contributed by atoms with van der Waals surface area (Å²) in [5.74, 6) is -0.00725. The SMILES string of the molecule is CSc1cccc(N2C(=O)[C@H]3N=NN(Cc4nc(-c5ccc(C)cc5)no4)[C@H]3C2=O)c1. The van der Waals surface area contributed by atoms with Gasteiger partial charge < -0.3 is 4.52 Å². The zero-order valence-electron chi connectivity index (χ0n) is 16.8. The molecule has 0 radical (unpaired) electrons. The van der Waals surface area contributed by atoms with Crippen molar-refractivity contribution in [2.45, 2.75) is 30.4 Å². The van der Waals surface area contributed by atoms with Crippen molar-refractivity contribution in [2.75, 3.05) is 11.2 Å². The third-order valence-corrected chi connectivity index (χ3v) is 5.97. The Morgan fingerprint density at radius 1 is 1.10 bits per heavy atom. The fraction of sp³-hybridized carbons (Fsp3) is 0.238. The lowest BCUT2D eigenvalue weighted by molar-refractivity contribution is -0.123. The molecule has 0 N–H and O–H groups in total. The Morgan fingerprint density at radius 3 is 2.68 bits per heavy atom. The second kappa shape index (κ2) is 7.62. The summed E-state index contributed by atoms with van der Waals surface area (Å²) < 4.78 is 5.35. The third-order valence-electron chi connectivity index (χ3n) is 5.24. The van der Waals surface area contributed by atoms with Crippen molar-refractivity contribution in [3.8, 4) is 11.4 Å². The summed E-state index contributed by atoms with van der Waals surface area (Å²) in [6, 6.07) is 13.4. The topological polar surface area (TPSA) is 104 Å². The molecule has 0 aliphatic carbocycles. The summed E-state index contributed by atoms with van der Waals surface area (Å²) >= 11 is 1.54. The van der Waals surface area contributed by atoms with Crippen molar-refractivity contribution in [1.82, 2.24) is 15.1 Å². The summed E-state index contributed by atoms with van der Waals surface area (Å²) in [5, 5.41) is 13.5. The number of carbonyl (C=O) groups is 2. The van der Waals surface area contributed by atoms with Crippen LogP contribution in [0, 0.1) is 6.92 Å². The van der Waals surface area contributed by atoms with Gasteiger partial charge in [-0.3, -0.25) is 14.6 Å². The summed E-state index contributed by atoms with van der Waals surface area (Å²) in [6.45, 7) is 2.09. The van der Waals surface area contributed by atoms with Crippen LogP contribution in [0.3, 0.4) is 0 Å². The van der Waals surface area contributed by atoms with Gasteiger partial charge in [0.1, 0.15) is 6.54 Å². The van der Waals surface area contributed by atoms with Crippen LogP contribution in [0.15, 0.2) is 68.3 Å². The van der Waals surface area contributed by atoms with E-state index in [-0.39, 0.29) is 18.4 Å². The molecule has 2 aromatic carbocycles. The first-order valence-electron chi connectivity index (χ1n) is 9.64. The van der Waals surface area contributed by atoms with Crippen LogP contribution in [-0.4, -0.2) is 45.3 Å². The second-order valence-electron chi connectivity index (χ2n) is 7.28. The molecule has 1 fully saturated rings. The number of amides is 2. The van der Waals surface area contributed by atoms with E-state index < -0.39 is 12.1 Å². The molecule has 156 valence electrons. The Bertz CT molecular complexity index is 1190. The lowest BCUT2D eigenvalue weighted by atomic mass is 10.1. The zero-order chi connectivity index (χ0) is 21.5. The minimum Gasteiger partial charge on any atom is -0.337 e. The first-order chi connectivity index (χ1) is 15.0. The van der Waals surface area contributed by atoms with Crippen LogP contribution >= 0.6 is 11.8 Å². The van der Waals surface area contributed by atoms with E-state index in [9.17, 15) is 9.59 Å². The molecule has 0 spiro atoms. The molecule has 0 saturated carbocycles. The van der Waals surface area contributed by atoms with Crippen LogP contribution in [0.5, 0.6) is 0 Å². The van der Waals surface area contributed by atoms with Gasteiger partial charge in [-0.05, 0) is 31.4 Å². The number of aromatic nitrogens is 2. The van der Waals surface area contributed by atoms with Gasteiger partial charge in [-0.1, -0.05) is 46.3 Å². The highest BCUT2D eigenvalue weighted by Crippen LogP contribution is 2.34. The first kappa shape index (κ1) is 19.4. The van der Waals surface area contributed by atoms with Gasteiger partial charge in [0.05, 0.1) is 5.69 Å². The minimum absolute atomic E-state index is 0.0846. The summed E-state index contributed by atoms with van der Waals surface area (Å²) in [6.07, 6.45) is 1.94. The Hall–Kier alpha value is -3.53. The number of thioether (sulfide) groups is 1. The molecule has 1 saturated heterocycles. The highest BCUT2D eigenvalue weighted by Gasteiger charge is 2.55. The summed E-state index contributed by atoms with van der Waals surface area (Å²) in [5.41, 5.74) is 2.49. The number of imide groups is 1. The Morgan fingerprint density at radius 2 is 1.90 bits per heavy atom. The van der Waals surface area contributed by atoms with Gasteiger partial charge >= 0.3 is 0 Å². The predicted molar refractivity (Wildman–Crippen MR) is 113 cm³/mol. The zero-order valence-corrected chi connectivity index (χ0v) is 17.6. The fourth-order valence-corrected chi connectivity index (χ4v) is 4.09. The van der Waals surface area contributed by atoms with Gasteiger partial charge in [0.25, 0.3) is 11.8 Å². The van der Waals surface area contributed by atoms with Crippen LogP contribution in [0.4, 0.5) is 5.69 Å². The van der Waals surface area contributed by atoms with Crippen molar-refractivity contribution >= 4 is 29.3 Å². The van der Waals surface area contributed by atoms with E-state index >= 15 is 0 Å². The molecule has 2 amide bonds. The van der Waals surface area contributed by atoms with E-state index in [0.717, 1.165) is 16.0 Å². The maximum atomic E-state index is 13.1. The Labute approximate surface area is 182 Å². The summed E-state index contributed by atoms with van der Waals surface area (Å²) in [4.78, 5) is 32.6. The average molecular weight is 434 g/mol. The molecule has 0 bridgehead atoms. The number of rotatable bonds is 5. The molecule has 9 nitrogen and oxygen atoms in total. The van der Waals surface area contributed by atoms with Gasteiger partial charge in [0.15, 0.2) is 12.1 Å². The van der Waals surface area contributed by atoms with Crippen LogP contribution in [0.2, 0.25) is 0 Å². The molecule has 3 heterocycles.